The van der Waals surface area contributed by atoms with Gasteiger partial charge in [-0.25, -0.2) is 4.99 Å². The third kappa shape index (κ3) is 9.09. The van der Waals surface area contributed by atoms with E-state index in [1.54, 1.807) is 6.20 Å². The smallest absolute Gasteiger partial charge is 0.137 e. The van der Waals surface area contributed by atoms with Gasteiger partial charge in [-0.3, -0.25) is 0 Å². The highest BCUT2D eigenvalue weighted by molar-refractivity contribution is 6.00. The van der Waals surface area contributed by atoms with Gasteiger partial charge in [-0.1, -0.05) is 36.9 Å². The van der Waals surface area contributed by atoms with Gasteiger partial charge in [0.05, 0.1) is 6.61 Å². The number of benzene rings is 1. The zero-order valence-corrected chi connectivity index (χ0v) is 20.0. The monoisotopic (exact) mass is 422 g/mol. The molecule has 0 radical (unpaired) electrons. The minimum atomic E-state index is 0.522. The molecule has 0 aliphatic carbocycles. The molecule has 168 valence electrons. The molecule has 5 nitrogen and oxygen atoms in total. The minimum absolute atomic E-state index is 0.522. The van der Waals surface area contributed by atoms with Gasteiger partial charge in [0.25, 0.3) is 0 Å². The summed E-state index contributed by atoms with van der Waals surface area (Å²) < 4.78 is 5.66. The van der Waals surface area contributed by atoms with E-state index in [9.17, 15) is 0 Å². The van der Waals surface area contributed by atoms with Gasteiger partial charge in [0.2, 0.25) is 0 Å². The Morgan fingerprint density at radius 2 is 1.87 bits per heavy atom. The van der Waals surface area contributed by atoms with Crippen molar-refractivity contribution >= 4 is 17.0 Å². The van der Waals surface area contributed by atoms with Crippen molar-refractivity contribution < 1.29 is 4.74 Å². The van der Waals surface area contributed by atoms with Crippen LogP contribution in [0.15, 0.2) is 83.5 Å². The molecule has 1 aromatic rings. The summed E-state index contributed by atoms with van der Waals surface area (Å²) in [5.74, 6) is 0.522. The van der Waals surface area contributed by atoms with Crippen LogP contribution in [0.1, 0.15) is 39.7 Å². The number of nitrogens with two attached hydrogens (primary N) is 1. The Hall–Kier alpha value is -3.05. The summed E-state index contributed by atoms with van der Waals surface area (Å²) in [5.41, 5.74) is 12.7. The molecule has 0 aliphatic rings. The first kappa shape index (κ1) is 26.0. The van der Waals surface area contributed by atoms with Gasteiger partial charge in [0.15, 0.2) is 0 Å². The molecule has 0 spiro atoms. The predicted octanol–water partition coefficient (Wildman–Crippen LogP) is 5.53. The second-order valence-corrected chi connectivity index (χ2v) is 7.71. The molecule has 1 aromatic carbocycles. The Morgan fingerprint density at radius 1 is 1.19 bits per heavy atom. The van der Waals surface area contributed by atoms with Crippen molar-refractivity contribution in [3.63, 3.8) is 0 Å². The number of nitrogen functional groups attached to an aromatic ring is 1. The van der Waals surface area contributed by atoms with Crippen LogP contribution in [0.4, 0.5) is 5.69 Å². The van der Waals surface area contributed by atoms with Crippen LogP contribution in [-0.4, -0.2) is 37.9 Å². The molecule has 0 fully saturated rings. The van der Waals surface area contributed by atoms with Gasteiger partial charge < -0.3 is 20.7 Å². The number of rotatable bonds is 12. The fourth-order valence-electron chi connectivity index (χ4n) is 2.89. The van der Waals surface area contributed by atoms with E-state index in [4.69, 9.17) is 15.5 Å². The van der Waals surface area contributed by atoms with Crippen LogP contribution >= 0.6 is 0 Å². The number of para-hydroxylation sites is 1. The van der Waals surface area contributed by atoms with Crippen LogP contribution in [0.5, 0.6) is 0 Å². The summed E-state index contributed by atoms with van der Waals surface area (Å²) in [5, 5.41) is 3.15. The minimum Gasteiger partial charge on any atom is -0.492 e. The van der Waals surface area contributed by atoms with Gasteiger partial charge in [-0.2, -0.15) is 0 Å². The normalized spacial score (nSPS) is 12.5. The number of allylic oxidation sites excluding steroid dienone is 3. The zero-order valence-electron chi connectivity index (χ0n) is 20.0. The Kier molecular flexibility index (Phi) is 11.1. The molecule has 0 unspecified atom stereocenters. The van der Waals surface area contributed by atoms with Crippen molar-refractivity contribution in [3.8, 4) is 0 Å². The Labute approximate surface area is 188 Å². The van der Waals surface area contributed by atoms with E-state index in [1.807, 2.05) is 52.0 Å². The molecule has 5 heteroatoms. The topological polar surface area (TPSA) is 62.9 Å². The SMILES string of the molecule is C=CNC(\C=C(/N=C(C)/C=C(\CCN(C)C)c1ccccc1N)C(=C)OCC)=C(C)C. The highest BCUT2D eigenvalue weighted by Crippen LogP contribution is 2.25. The van der Waals surface area contributed by atoms with E-state index >= 15 is 0 Å². The maximum Gasteiger partial charge on any atom is 0.137 e. The standard InChI is InChI=1S/C26H38N4O/c1-9-28-25(19(3)4)18-26(21(6)31-10-2)29-20(5)17-22(15-16-30(7)8)23-13-11-12-14-24(23)27/h9,11-14,17-18,28H,1,6,10,15-16,27H2,2-5,7-8H3/b22-17+,26-18-,29-20+. The van der Waals surface area contributed by atoms with E-state index < -0.39 is 0 Å². The number of anilines is 1. The van der Waals surface area contributed by atoms with E-state index in [-0.39, 0.29) is 0 Å². The lowest BCUT2D eigenvalue weighted by Crippen LogP contribution is -2.14. The van der Waals surface area contributed by atoms with E-state index in [1.165, 1.54) is 0 Å². The summed E-state index contributed by atoms with van der Waals surface area (Å²) in [4.78, 5) is 6.99. The van der Waals surface area contributed by atoms with Crippen molar-refractivity contribution in [1.29, 1.82) is 0 Å². The number of aliphatic imine (C=N–C) groups is 1. The highest BCUT2D eigenvalue weighted by Gasteiger charge is 2.09. The quantitative estimate of drug-likeness (QED) is 0.201. The first-order chi connectivity index (χ1) is 14.7. The fourth-order valence-corrected chi connectivity index (χ4v) is 2.89. The highest BCUT2D eigenvalue weighted by atomic mass is 16.5. The molecule has 0 aliphatic heterocycles. The first-order valence-electron chi connectivity index (χ1n) is 10.5. The Balaban J connectivity index is 3.47. The van der Waals surface area contributed by atoms with Gasteiger partial charge in [-0.05, 0) is 78.2 Å². The largest absolute Gasteiger partial charge is 0.492 e. The summed E-state index contributed by atoms with van der Waals surface area (Å²) >= 11 is 0. The average Bonchev–Trinajstić information content (AvgIpc) is 2.70. The number of hydrogen-bond acceptors (Lipinski definition) is 5. The number of ether oxygens (including phenoxy) is 1. The third-order valence-electron chi connectivity index (χ3n) is 4.50. The molecule has 0 saturated carbocycles. The fraction of sp³-hybridized carbons (Fsp3) is 0.346. The van der Waals surface area contributed by atoms with Gasteiger partial charge >= 0.3 is 0 Å². The lowest BCUT2D eigenvalue weighted by Gasteiger charge is -2.15. The van der Waals surface area contributed by atoms with Crippen molar-refractivity contribution in [1.82, 2.24) is 10.2 Å². The number of nitrogens with zero attached hydrogens (tertiary/aromatic N) is 2. The van der Waals surface area contributed by atoms with Crippen LogP contribution in [-0.2, 0) is 4.74 Å². The van der Waals surface area contributed by atoms with Crippen molar-refractivity contribution in [2.45, 2.75) is 34.1 Å². The molecule has 0 bridgehead atoms. The second-order valence-electron chi connectivity index (χ2n) is 7.71. The van der Waals surface area contributed by atoms with E-state index in [0.29, 0.717) is 18.1 Å². The van der Waals surface area contributed by atoms with Gasteiger partial charge in [-0.15, -0.1) is 0 Å². The van der Waals surface area contributed by atoms with Gasteiger partial charge in [0.1, 0.15) is 11.5 Å². The summed E-state index contributed by atoms with van der Waals surface area (Å²) in [6.07, 6.45) is 6.53. The molecule has 3 N–H and O–H groups in total. The van der Waals surface area contributed by atoms with Gasteiger partial charge in [0, 0.05) is 29.2 Å². The molecular formula is C26H38N4O. The molecule has 31 heavy (non-hydrogen) atoms. The maximum absolute atomic E-state index is 6.26. The van der Waals surface area contributed by atoms with Crippen molar-refractivity contribution in [2.75, 3.05) is 33.0 Å². The van der Waals surface area contributed by atoms with Crippen LogP contribution in [0, 0.1) is 0 Å². The summed E-state index contributed by atoms with van der Waals surface area (Å²) in [6.45, 7) is 17.2. The van der Waals surface area contributed by atoms with Crippen molar-refractivity contribution in [2.24, 2.45) is 4.99 Å². The zero-order chi connectivity index (χ0) is 23.4. The molecular weight excluding hydrogens is 384 g/mol. The summed E-state index contributed by atoms with van der Waals surface area (Å²) in [6, 6.07) is 7.93. The third-order valence-corrected chi connectivity index (χ3v) is 4.50. The molecule has 1 rings (SSSR count). The second kappa shape index (κ2) is 13.3. The number of nitrogens with one attached hydrogen (secondary N) is 1. The lowest BCUT2D eigenvalue weighted by atomic mass is 9.99. The predicted molar refractivity (Wildman–Crippen MR) is 136 cm³/mol. The lowest BCUT2D eigenvalue weighted by molar-refractivity contribution is 0.238. The Morgan fingerprint density at radius 3 is 2.42 bits per heavy atom. The van der Waals surface area contributed by atoms with E-state index in [0.717, 1.165) is 46.8 Å². The van der Waals surface area contributed by atoms with Crippen LogP contribution in [0.2, 0.25) is 0 Å². The van der Waals surface area contributed by atoms with Crippen LogP contribution < -0.4 is 11.1 Å². The summed E-state index contributed by atoms with van der Waals surface area (Å²) in [7, 11) is 4.13. The number of hydrogen-bond donors (Lipinski definition) is 2. The maximum atomic E-state index is 6.26. The Bertz CT molecular complexity index is 884. The van der Waals surface area contributed by atoms with Crippen molar-refractivity contribution in [3.05, 3.63) is 84.1 Å². The van der Waals surface area contributed by atoms with Crippen LogP contribution in [0.3, 0.4) is 0 Å². The molecule has 0 aromatic heterocycles. The molecule has 0 saturated heterocycles. The molecule has 0 heterocycles. The van der Waals surface area contributed by atoms with Crippen LogP contribution in [0.25, 0.3) is 5.57 Å². The molecule has 0 atom stereocenters. The van der Waals surface area contributed by atoms with E-state index in [2.05, 4.69) is 49.6 Å². The average molecular weight is 423 g/mol. The first-order valence-corrected chi connectivity index (χ1v) is 10.5. The molecule has 0 amide bonds.